The monoisotopic (exact) mass is 376 g/mol. The molecule has 134 valence electrons. The quantitative estimate of drug-likeness (QED) is 0.656. The molecule has 0 bridgehead atoms. The number of aromatic nitrogens is 5. The van der Waals surface area contributed by atoms with Crippen LogP contribution in [0, 0.1) is 0 Å². The van der Waals surface area contributed by atoms with Gasteiger partial charge in [0.05, 0.1) is 30.1 Å². The van der Waals surface area contributed by atoms with Crippen molar-refractivity contribution in [3.8, 4) is 17.0 Å². The molecule has 9 nitrogen and oxygen atoms in total. The number of carbonyl (C=O) groups excluding carboxylic acids is 1. The molecule has 0 unspecified atom stereocenters. The lowest BCUT2D eigenvalue weighted by molar-refractivity contribution is 0.0963. The second-order valence-electron chi connectivity index (χ2n) is 5.09. The van der Waals surface area contributed by atoms with E-state index in [1.54, 1.807) is 19.3 Å². The number of hydrogen-bond donors (Lipinski definition) is 2. The maximum Gasteiger partial charge on any atom is 0.254 e. The summed E-state index contributed by atoms with van der Waals surface area (Å²) in [6.07, 6.45) is 4.27. The molecule has 0 radical (unpaired) electrons. The lowest BCUT2D eigenvalue weighted by Gasteiger charge is -2.15. The lowest BCUT2D eigenvalue weighted by Crippen LogP contribution is -2.19. The Labute approximate surface area is 158 Å². The summed E-state index contributed by atoms with van der Waals surface area (Å²) in [6.45, 7) is -2.66. The van der Waals surface area contributed by atoms with Crippen LogP contribution in [0.2, 0.25) is 5.15 Å². The molecular weight excluding hydrogens is 358 g/mol. The Morgan fingerprint density at radius 2 is 2.23 bits per heavy atom. The fourth-order valence-electron chi connectivity index (χ4n) is 2.32. The van der Waals surface area contributed by atoms with Crippen molar-refractivity contribution in [2.24, 2.45) is 7.05 Å². The number of amides is 1. The molecule has 0 aliphatic heterocycles. The predicted molar refractivity (Wildman–Crippen MR) is 96.7 cm³/mol. The van der Waals surface area contributed by atoms with Gasteiger partial charge in [0.1, 0.15) is 10.8 Å². The second-order valence-corrected chi connectivity index (χ2v) is 5.48. The Hall–Kier alpha value is -3.20. The summed E-state index contributed by atoms with van der Waals surface area (Å²) in [5.41, 5.74) is 1.35. The number of nitrogens with one attached hydrogen (secondary N) is 2. The number of hydrogen-bond acceptors (Lipinski definition) is 7. The molecule has 0 spiro atoms. The molecule has 0 fully saturated rings. The van der Waals surface area contributed by atoms with Crippen molar-refractivity contribution >= 4 is 29.0 Å². The van der Waals surface area contributed by atoms with Gasteiger partial charge in [-0.3, -0.25) is 4.79 Å². The third-order valence-electron chi connectivity index (χ3n) is 3.47. The fourth-order valence-corrected chi connectivity index (χ4v) is 2.48. The minimum Gasteiger partial charge on any atom is -0.492 e. The molecule has 0 aliphatic carbocycles. The summed E-state index contributed by atoms with van der Waals surface area (Å²) in [5.74, 6) is -0.232. The van der Waals surface area contributed by atoms with E-state index in [0.717, 1.165) is 0 Å². The van der Waals surface area contributed by atoms with Crippen LogP contribution >= 0.6 is 11.6 Å². The number of anilines is 2. The zero-order valence-electron chi connectivity index (χ0n) is 16.8. The summed E-state index contributed by atoms with van der Waals surface area (Å²) in [4.78, 5) is 21.9. The summed E-state index contributed by atoms with van der Waals surface area (Å²) < 4.78 is 27.1. The van der Waals surface area contributed by atoms with E-state index in [1.165, 1.54) is 30.4 Å². The first-order valence-corrected chi connectivity index (χ1v) is 7.70. The van der Waals surface area contributed by atoms with Crippen molar-refractivity contribution in [1.29, 1.82) is 0 Å². The predicted octanol–water partition coefficient (Wildman–Crippen LogP) is 2.04. The molecule has 0 atom stereocenters. The van der Waals surface area contributed by atoms with E-state index in [9.17, 15) is 4.79 Å². The molecule has 0 saturated carbocycles. The molecule has 3 rings (SSSR count). The summed E-state index contributed by atoms with van der Waals surface area (Å²) in [7, 11) is 3.15. The molecule has 10 heteroatoms. The molecule has 0 saturated heterocycles. The number of aryl methyl sites for hydroxylation is 1. The average molecular weight is 377 g/mol. The molecule has 0 aliphatic rings. The van der Waals surface area contributed by atoms with Crippen LogP contribution in [-0.2, 0) is 7.05 Å². The lowest BCUT2D eigenvalue weighted by atomic mass is 10.1. The van der Waals surface area contributed by atoms with Crippen molar-refractivity contribution in [2.75, 3.05) is 19.4 Å². The normalized spacial score (nSPS) is 12.7. The van der Waals surface area contributed by atoms with E-state index < -0.39 is 12.9 Å². The molecular formula is C16H16ClN7O2. The van der Waals surface area contributed by atoms with Crippen molar-refractivity contribution in [2.45, 2.75) is 0 Å². The van der Waals surface area contributed by atoms with E-state index in [0.29, 0.717) is 17.0 Å². The molecule has 0 aromatic carbocycles. The van der Waals surface area contributed by atoms with Crippen LogP contribution in [0.25, 0.3) is 11.3 Å². The first-order valence-electron chi connectivity index (χ1n) is 8.82. The van der Waals surface area contributed by atoms with Gasteiger partial charge in [0.15, 0.2) is 11.6 Å². The molecule has 26 heavy (non-hydrogen) atoms. The Balaban J connectivity index is 2.02. The first-order chi connectivity index (χ1) is 13.7. The van der Waals surface area contributed by atoms with E-state index >= 15 is 0 Å². The topological polar surface area (TPSA) is 107 Å². The second kappa shape index (κ2) is 7.36. The van der Waals surface area contributed by atoms with Gasteiger partial charge in [-0.1, -0.05) is 11.6 Å². The highest BCUT2D eigenvalue weighted by atomic mass is 35.5. The van der Waals surface area contributed by atoms with Crippen molar-refractivity contribution in [3.63, 3.8) is 0 Å². The van der Waals surface area contributed by atoms with Gasteiger partial charge in [-0.25, -0.2) is 9.97 Å². The van der Waals surface area contributed by atoms with Gasteiger partial charge >= 0.3 is 0 Å². The SMILES string of the molecule is [2H]C([2H])([2H])NC(=O)c1cnc(Cl)cc1Nc1nccc(-c2cnn(C)n2)c1OC. The Kier molecular flexibility index (Phi) is 3.97. The number of pyridine rings is 2. The van der Waals surface area contributed by atoms with Crippen LogP contribution in [0.4, 0.5) is 11.5 Å². The van der Waals surface area contributed by atoms with E-state index in [1.807, 2.05) is 5.32 Å². The Morgan fingerprint density at radius 1 is 1.38 bits per heavy atom. The number of carbonyl (C=O) groups is 1. The number of ether oxygens (including phenoxy) is 1. The number of rotatable bonds is 5. The highest BCUT2D eigenvalue weighted by Crippen LogP contribution is 2.35. The Morgan fingerprint density at radius 3 is 2.92 bits per heavy atom. The standard InChI is InChI=1S/C16H16ClN7O2/c1-18-16(25)10-7-20-13(17)6-11(10)22-15-14(26-3)9(4-5-19-15)12-8-21-24(2)23-12/h4-8H,1-3H3,(H,18,25)(H,19,20,22)/i1D3. The molecule has 3 aromatic heterocycles. The summed E-state index contributed by atoms with van der Waals surface area (Å²) >= 11 is 5.96. The van der Waals surface area contributed by atoms with Crippen LogP contribution in [0.5, 0.6) is 5.75 Å². The third-order valence-corrected chi connectivity index (χ3v) is 3.67. The van der Waals surface area contributed by atoms with E-state index in [2.05, 4.69) is 25.5 Å². The maximum absolute atomic E-state index is 12.4. The molecule has 3 aromatic rings. The number of halogens is 1. The minimum atomic E-state index is -2.66. The fraction of sp³-hybridized carbons (Fsp3) is 0.188. The maximum atomic E-state index is 12.4. The van der Waals surface area contributed by atoms with Crippen LogP contribution in [0.15, 0.2) is 30.7 Å². The minimum absolute atomic E-state index is 0.0284. The number of nitrogens with zero attached hydrogens (tertiary/aromatic N) is 5. The van der Waals surface area contributed by atoms with Crippen LogP contribution < -0.4 is 15.4 Å². The van der Waals surface area contributed by atoms with Gasteiger partial charge < -0.3 is 15.4 Å². The van der Waals surface area contributed by atoms with Gasteiger partial charge in [-0.05, 0) is 12.1 Å². The smallest absolute Gasteiger partial charge is 0.254 e. The average Bonchev–Trinajstić information content (AvgIpc) is 3.06. The van der Waals surface area contributed by atoms with Gasteiger partial charge in [-0.15, -0.1) is 0 Å². The van der Waals surface area contributed by atoms with Crippen molar-refractivity contribution < 1.29 is 13.6 Å². The Bertz CT molecular complexity index is 1060. The zero-order valence-corrected chi connectivity index (χ0v) is 14.6. The number of methoxy groups -OCH3 is 1. The van der Waals surface area contributed by atoms with Crippen LogP contribution in [0.3, 0.4) is 0 Å². The molecule has 2 N–H and O–H groups in total. The van der Waals surface area contributed by atoms with Gasteiger partial charge in [0, 0.05) is 30.5 Å². The molecule has 1 amide bonds. The van der Waals surface area contributed by atoms with Gasteiger partial charge in [0.25, 0.3) is 5.91 Å². The summed E-state index contributed by atoms with van der Waals surface area (Å²) in [5, 5.41) is 13.3. The highest BCUT2D eigenvalue weighted by Gasteiger charge is 2.18. The zero-order chi connectivity index (χ0) is 21.2. The highest BCUT2D eigenvalue weighted by molar-refractivity contribution is 6.29. The van der Waals surface area contributed by atoms with E-state index in [4.69, 9.17) is 20.5 Å². The third kappa shape index (κ3) is 3.42. The van der Waals surface area contributed by atoms with Gasteiger partial charge in [0.2, 0.25) is 0 Å². The van der Waals surface area contributed by atoms with E-state index in [-0.39, 0.29) is 22.2 Å². The van der Waals surface area contributed by atoms with Crippen LogP contribution in [0.1, 0.15) is 14.5 Å². The van der Waals surface area contributed by atoms with Gasteiger partial charge in [-0.2, -0.15) is 15.0 Å². The molecule has 3 heterocycles. The summed E-state index contributed by atoms with van der Waals surface area (Å²) in [6, 6.07) is 3.09. The first kappa shape index (κ1) is 14.0. The van der Waals surface area contributed by atoms with Crippen LogP contribution in [-0.4, -0.2) is 45.0 Å². The van der Waals surface area contributed by atoms with Crippen molar-refractivity contribution in [3.05, 3.63) is 41.4 Å². The van der Waals surface area contributed by atoms with Crippen molar-refractivity contribution in [1.82, 2.24) is 30.3 Å². The largest absolute Gasteiger partial charge is 0.492 e.